The predicted octanol–water partition coefficient (Wildman–Crippen LogP) is 3.79. The fourth-order valence-corrected chi connectivity index (χ4v) is 4.71. The van der Waals surface area contributed by atoms with Crippen LogP contribution < -0.4 is 9.62 Å². The molecule has 0 heterocycles. The van der Waals surface area contributed by atoms with E-state index in [4.69, 9.17) is 0 Å². The van der Waals surface area contributed by atoms with Crippen molar-refractivity contribution in [3.63, 3.8) is 0 Å². The smallest absolute Gasteiger partial charge is 0.244 e. The van der Waals surface area contributed by atoms with Crippen LogP contribution in [-0.4, -0.2) is 50.0 Å². The Bertz CT molecular complexity index is 1100. The van der Waals surface area contributed by atoms with Crippen LogP contribution in [0.3, 0.4) is 0 Å². The third-order valence-electron chi connectivity index (χ3n) is 5.89. The maximum atomic E-state index is 13.7. The lowest BCUT2D eigenvalue weighted by Gasteiger charge is -2.33. The number of aryl methyl sites for hydroxylation is 2. The van der Waals surface area contributed by atoms with E-state index in [2.05, 4.69) is 5.32 Å². The van der Waals surface area contributed by atoms with Crippen LogP contribution in [-0.2, 0) is 26.2 Å². The highest BCUT2D eigenvalue weighted by Crippen LogP contribution is 2.23. The summed E-state index contributed by atoms with van der Waals surface area (Å²) in [5.41, 5.74) is 3.11. The molecule has 0 saturated carbocycles. The molecule has 0 saturated heterocycles. The van der Waals surface area contributed by atoms with Gasteiger partial charge in [0.05, 0.1) is 11.9 Å². The molecule has 0 unspecified atom stereocenters. The van der Waals surface area contributed by atoms with E-state index in [-0.39, 0.29) is 25.0 Å². The second-order valence-electron chi connectivity index (χ2n) is 8.81. The Morgan fingerprint density at radius 2 is 1.68 bits per heavy atom. The van der Waals surface area contributed by atoms with Crippen molar-refractivity contribution >= 4 is 27.5 Å². The van der Waals surface area contributed by atoms with E-state index in [1.54, 1.807) is 25.1 Å². The lowest BCUT2D eigenvalue weighted by atomic mass is 10.1. The van der Waals surface area contributed by atoms with Crippen LogP contribution >= 0.6 is 0 Å². The lowest BCUT2D eigenvalue weighted by Crippen LogP contribution is -2.53. The Labute approximate surface area is 204 Å². The summed E-state index contributed by atoms with van der Waals surface area (Å²) in [6.45, 7) is 9.34. The van der Waals surface area contributed by atoms with Crippen molar-refractivity contribution in [2.75, 3.05) is 17.1 Å². The number of carbonyl (C=O) groups is 2. The van der Waals surface area contributed by atoms with Crippen molar-refractivity contribution in [1.29, 1.82) is 0 Å². The quantitative estimate of drug-likeness (QED) is 0.522. The molecular weight excluding hydrogens is 450 g/mol. The number of benzene rings is 2. The van der Waals surface area contributed by atoms with E-state index in [1.165, 1.54) is 4.90 Å². The van der Waals surface area contributed by atoms with Gasteiger partial charge in [0.25, 0.3) is 0 Å². The van der Waals surface area contributed by atoms with Gasteiger partial charge in [-0.05, 0) is 50.8 Å². The van der Waals surface area contributed by atoms with Gasteiger partial charge in [-0.2, -0.15) is 0 Å². The van der Waals surface area contributed by atoms with Gasteiger partial charge in [0.15, 0.2) is 0 Å². The van der Waals surface area contributed by atoms with Crippen LogP contribution in [0.5, 0.6) is 0 Å². The van der Waals surface area contributed by atoms with Gasteiger partial charge in [0.2, 0.25) is 21.8 Å². The van der Waals surface area contributed by atoms with E-state index in [0.29, 0.717) is 12.1 Å². The molecule has 34 heavy (non-hydrogen) atoms. The Hall–Kier alpha value is -2.87. The standard InChI is InChI=1S/C26H37N3O4S/c1-7-21(5)27-26(31)23(8-2)28(17-22-14-11-12-19(3)16-22)25(30)18-29(34(6,32)33)24-15-10-9-13-20(24)4/h9-16,21,23H,7-8,17-18H2,1-6H3,(H,27,31)/t21-,23-/m0/s1. The fraction of sp³-hybridized carbons (Fsp3) is 0.462. The summed E-state index contributed by atoms with van der Waals surface area (Å²) in [7, 11) is -3.74. The van der Waals surface area contributed by atoms with Crippen LogP contribution in [0.4, 0.5) is 5.69 Å². The van der Waals surface area contributed by atoms with E-state index in [9.17, 15) is 18.0 Å². The molecule has 0 aliphatic carbocycles. The number of nitrogens with zero attached hydrogens (tertiary/aromatic N) is 2. The Morgan fingerprint density at radius 3 is 2.24 bits per heavy atom. The van der Waals surface area contributed by atoms with Crippen molar-refractivity contribution < 1.29 is 18.0 Å². The van der Waals surface area contributed by atoms with Crippen molar-refractivity contribution in [3.8, 4) is 0 Å². The minimum Gasteiger partial charge on any atom is -0.352 e. The summed E-state index contributed by atoms with van der Waals surface area (Å²) >= 11 is 0. The number of anilines is 1. The molecule has 186 valence electrons. The van der Waals surface area contributed by atoms with Crippen LogP contribution in [0.25, 0.3) is 0 Å². The van der Waals surface area contributed by atoms with Gasteiger partial charge in [-0.15, -0.1) is 0 Å². The zero-order valence-corrected chi connectivity index (χ0v) is 21.9. The van der Waals surface area contributed by atoms with Crippen LogP contribution in [0.1, 0.15) is 50.3 Å². The average Bonchev–Trinajstić information content (AvgIpc) is 2.77. The summed E-state index contributed by atoms with van der Waals surface area (Å²) in [6, 6.07) is 14.0. The van der Waals surface area contributed by atoms with Gasteiger partial charge < -0.3 is 10.2 Å². The number of rotatable bonds is 11. The Kier molecular flexibility index (Phi) is 9.67. The van der Waals surface area contributed by atoms with Gasteiger partial charge in [-0.1, -0.05) is 61.9 Å². The lowest BCUT2D eigenvalue weighted by molar-refractivity contribution is -0.140. The summed E-state index contributed by atoms with van der Waals surface area (Å²) in [6.07, 6.45) is 2.26. The fourth-order valence-electron chi connectivity index (χ4n) is 3.81. The summed E-state index contributed by atoms with van der Waals surface area (Å²) in [4.78, 5) is 28.3. The molecule has 2 aromatic rings. The van der Waals surface area contributed by atoms with Crippen LogP contribution in [0.2, 0.25) is 0 Å². The Morgan fingerprint density at radius 1 is 1.00 bits per heavy atom. The van der Waals surface area contributed by atoms with Crippen LogP contribution in [0, 0.1) is 13.8 Å². The molecule has 0 fully saturated rings. The first kappa shape index (κ1) is 27.4. The third kappa shape index (κ3) is 7.32. The molecule has 2 aromatic carbocycles. The molecule has 1 N–H and O–H groups in total. The molecule has 2 atom stereocenters. The van der Waals surface area contributed by atoms with Gasteiger partial charge >= 0.3 is 0 Å². The normalized spacial score (nSPS) is 13.1. The zero-order chi connectivity index (χ0) is 25.5. The summed E-state index contributed by atoms with van der Waals surface area (Å²) < 4.78 is 26.5. The molecule has 0 aliphatic rings. The first-order valence-electron chi connectivity index (χ1n) is 11.7. The van der Waals surface area contributed by atoms with Gasteiger partial charge in [0, 0.05) is 12.6 Å². The highest BCUT2D eigenvalue weighted by molar-refractivity contribution is 7.92. The molecule has 0 bridgehead atoms. The molecule has 0 aromatic heterocycles. The van der Waals surface area contributed by atoms with Crippen molar-refractivity contribution in [2.45, 2.75) is 66.1 Å². The molecule has 8 heteroatoms. The van der Waals surface area contributed by atoms with Crippen LogP contribution in [0.15, 0.2) is 48.5 Å². The average molecular weight is 488 g/mol. The number of carbonyl (C=O) groups excluding carboxylic acids is 2. The maximum absolute atomic E-state index is 13.7. The molecule has 7 nitrogen and oxygen atoms in total. The molecule has 0 radical (unpaired) electrons. The van der Waals surface area contributed by atoms with E-state index in [1.807, 2.05) is 58.0 Å². The van der Waals surface area contributed by atoms with Gasteiger partial charge in [0.1, 0.15) is 12.6 Å². The number of nitrogens with one attached hydrogen (secondary N) is 1. The van der Waals surface area contributed by atoms with Crippen molar-refractivity contribution in [1.82, 2.24) is 10.2 Å². The zero-order valence-electron chi connectivity index (χ0n) is 21.0. The van der Waals surface area contributed by atoms with Crippen molar-refractivity contribution in [2.24, 2.45) is 0 Å². The van der Waals surface area contributed by atoms with Crippen molar-refractivity contribution in [3.05, 3.63) is 65.2 Å². The number of sulfonamides is 1. The monoisotopic (exact) mass is 487 g/mol. The Balaban J connectivity index is 2.45. The maximum Gasteiger partial charge on any atom is 0.244 e. The second kappa shape index (κ2) is 12.0. The van der Waals surface area contributed by atoms with E-state index < -0.39 is 22.0 Å². The number of para-hydroxylation sites is 1. The minimum absolute atomic E-state index is 0.0306. The number of hydrogen-bond donors (Lipinski definition) is 1. The minimum atomic E-state index is -3.74. The molecule has 0 spiro atoms. The van der Waals surface area contributed by atoms with Gasteiger partial charge in [-0.3, -0.25) is 13.9 Å². The topological polar surface area (TPSA) is 86.8 Å². The second-order valence-corrected chi connectivity index (χ2v) is 10.7. The van der Waals surface area contributed by atoms with E-state index in [0.717, 1.165) is 33.7 Å². The SMILES string of the molecule is CC[C@H](C)NC(=O)[C@H](CC)N(Cc1cccc(C)c1)C(=O)CN(c1ccccc1C)S(C)(=O)=O. The molecule has 2 amide bonds. The van der Waals surface area contributed by atoms with Gasteiger partial charge in [-0.25, -0.2) is 8.42 Å². The highest BCUT2D eigenvalue weighted by atomic mass is 32.2. The molecule has 2 rings (SSSR count). The first-order chi connectivity index (χ1) is 16.0. The summed E-state index contributed by atoms with van der Waals surface area (Å²) in [5, 5.41) is 2.97. The third-order valence-corrected chi connectivity index (χ3v) is 7.01. The number of hydrogen-bond acceptors (Lipinski definition) is 4. The van der Waals surface area contributed by atoms with E-state index >= 15 is 0 Å². The number of amides is 2. The summed E-state index contributed by atoms with van der Waals surface area (Å²) in [5.74, 6) is -0.666. The first-order valence-corrected chi connectivity index (χ1v) is 13.5. The predicted molar refractivity (Wildman–Crippen MR) is 137 cm³/mol. The molecule has 0 aliphatic heterocycles. The largest absolute Gasteiger partial charge is 0.352 e. The highest BCUT2D eigenvalue weighted by Gasteiger charge is 2.32. The molecular formula is C26H37N3O4S.